The predicted octanol–water partition coefficient (Wildman–Crippen LogP) is 4.15. The Morgan fingerprint density at radius 2 is 1.93 bits per heavy atom. The van der Waals surface area contributed by atoms with Crippen LogP contribution >= 0.6 is 11.8 Å². The van der Waals surface area contributed by atoms with Crippen molar-refractivity contribution in [3.63, 3.8) is 0 Å². The van der Waals surface area contributed by atoms with E-state index < -0.39 is 0 Å². The number of nitrogens with one attached hydrogen (secondary N) is 1. The Balaban J connectivity index is 1.81. The molecule has 0 aliphatic carbocycles. The number of aromatic nitrogens is 2. The molecule has 0 saturated heterocycles. The van der Waals surface area contributed by atoms with E-state index >= 15 is 0 Å². The summed E-state index contributed by atoms with van der Waals surface area (Å²) in [5.74, 6) is 0.0844. The molecule has 3 aromatic rings. The van der Waals surface area contributed by atoms with Crippen molar-refractivity contribution in [3.05, 3.63) is 63.9 Å². The first-order valence-electron chi connectivity index (χ1n) is 8.99. The molecule has 5 nitrogen and oxygen atoms in total. The van der Waals surface area contributed by atoms with Gasteiger partial charge in [0.1, 0.15) is 0 Å². The van der Waals surface area contributed by atoms with Crippen LogP contribution in [0.25, 0.3) is 10.9 Å². The Morgan fingerprint density at radius 3 is 2.70 bits per heavy atom. The molecule has 0 saturated carbocycles. The van der Waals surface area contributed by atoms with Crippen molar-refractivity contribution in [2.75, 3.05) is 11.1 Å². The number of hydrogen-bond donors (Lipinski definition) is 1. The van der Waals surface area contributed by atoms with Crippen LogP contribution in [0.1, 0.15) is 24.5 Å². The van der Waals surface area contributed by atoms with Gasteiger partial charge in [0.2, 0.25) is 5.91 Å². The van der Waals surface area contributed by atoms with Gasteiger partial charge in [0.15, 0.2) is 5.16 Å². The lowest BCUT2D eigenvalue weighted by molar-refractivity contribution is -0.113. The Labute approximate surface area is 162 Å². The van der Waals surface area contributed by atoms with Gasteiger partial charge >= 0.3 is 0 Å². The molecule has 1 heterocycles. The zero-order valence-corrected chi connectivity index (χ0v) is 16.6. The highest BCUT2D eigenvalue weighted by molar-refractivity contribution is 7.99. The molecule has 27 heavy (non-hydrogen) atoms. The summed E-state index contributed by atoms with van der Waals surface area (Å²) in [6.45, 7) is 6.60. The van der Waals surface area contributed by atoms with Crippen LogP contribution in [-0.2, 0) is 11.3 Å². The topological polar surface area (TPSA) is 64.0 Å². The number of nitrogens with zero attached hydrogens (tertiary/aromatic N) is 2. The minimum atomic E-state index is -0.112. The van der Waals surface area contributed by atoms with Crippen LogP contribution in [0, 0.1) is 13.8 Å². The second-order valence-electron chi connectivity index (χ2n) is 6.45. The number of anilines is 1. The number of carbonyl (C=O) groups excluding carboxylic acids is 1. The first kappa shape index (κ1) is 19.2. The molecule has 0 spiro atoms. The van der Waals surface area contributed by atoms with Crippen LogP contribution < -0.4 is 10.9 Å². The Morgan fingerprint density at radius 1 is 1.15 bits per heavy atom. The molecule has 0 atom stereocenters. The van der Waals surface area contributed by atoms with Crippen molar-refractivity contribution in [3.8, 4) is 0 Å². The third-order valence-corrected chi connectivity index (χ3v) is 5.46. The van der Waals surface area contributed by atoms with Crippen LogP contribution in [-0.4, -0.2) is 21.2 Å². The van der Waals surface area contributed by atoms with E-state index in [2.05, 4.69) is 10.3 Å². The predicted molar refractivity (Wildman–Crippen MR) is 112 cm³/mol. The lowest BCUT2D eigenvalue weighted by Gasteiger charge is -2.13. The fraction of sp³-hybridized carbons (Fsp3) is 0.286. The summed E-state index contributed by atoms with van der Waals surface area (Å²) < 4.78 is 1.66. The molecule has 0 radical (unpaired) electrons. The lowest BCUT2D eigenvalue weighted by atomic mass is 10.1. The van der Waals surface area contributed by atoms with E-state index in [-0.39, 0.29) is 17.2 Å². The summed E-state index contributed by atoms with van der Waals surface area (Å²) in [5, 5.41) is 4.14. The van der Waals surface area contributed by atoms with Crippen LogP contribution in [0.5, 0.6) is 0 Å². The maximum Gasteiger partial charge on any atom is 0.262 e. The van der Waals surface area contributed by atoms with Gasteiger partial charge in [-0.3, -0.25) is 14.2 Å². The standard InChI is InChI=1S/C21H23N3O2S/c1-4-12-24-20(26)16-9-5-6-10-18(16)23-21(24)27-13-19(25)22-17-11-7-8-14(2)15(17)3/h5-11H,4,12-13H2,1-3H3,(H,22,25). The van der Waals surface area contributed by atoms with E-state index in [1.807, 2.05) is 57.2 Å². The summed E-state index contributed by atoms with van der Waals surface area (Å²) in [7, 11) is 0. The second-order valence-corrected chi connectivity index (χ2v) is 7.40. The highest BCUT2D eigenvalue weighted by Gasteiger charge is 2.13. The van der Waals surface area contributed by atoms with Gasteiger partial charge in [-0.2, -0.15) is 0 Å². The van der Waals surface area contributed by atoms with Gasteiger partial charge < -0.3 is 5.32 Å². The van der Waals surface area contributed by atoms with E-state index in [4.69, 9.17) is 0 Å². The van der Waals surface area contributed by atoms with Crippen LogP contribution in [0.3, 0.4) is 0 Å². The van der Waals surface area contributed by atoms with Gasteiger partial charge in [-0.05, 0) is 49.6 Å². The third-order valence-electron chi connectivity index (χ3n) is 4.48. The molecule has 0 fully saturated rings. The van der Waals surface area contributed by atoms with Crippen molar-refractivity contribution in [1.29, 1.82) is 0 Å². The normalized spacial score (nSPS) is 10.9. The number of para-hydroxylation sites is 1. The van der Waals surface area contributed by atoms with Gasteiger partial charge in [-0.15, -0.1) is 0 Å². The van der Waals surface area contributed by atoms with E-state index in [0.717, 1.165) is 23.2 Å². The van der Waals surface area contributed by atoms with E-state index in [1.54, 1.807) is 10.6 Å². The molecule has 1 N–H and O–H groups in total. The average Bonchev–Trinajstić information content (AvgIpc) is 2.66. The first-order chi connectivity index (χ1) is 13.0. The second kappa shape index (κ2) is 8.39. The van der Waals surface area contributed by atoms with Crippen molar-refractivity contribution in [2.45, 2.75) is 38.9 Å². The maximum absolute atomic E-state index is 12.8. The molecule has 0 unspecified atom stereocenters. The van der Waals surface area contributed by atoms with Gasteiger partial charge in [0.25, 0.3) is 5.56 Å². The lowest BCUT2D eigenvalue weighted by Crippen LogP contribution is -2.24. The first-order valence-corrected chi connectivity index (χ1v) is 9.98. The van der Waals surface area contributed by atoms with Crippen molar-refractivity contribution in [2.24, 2.45) is 0 Å². The minimum Gasteiger partial charge on any atom is -0.325 e. The van der Waals surface area contributed by atoms with Crippen LogP contribution in [0.4, 0.5) is 5.69 Å². The molecular formula is C21H23N3O2S. The van der Waals surface area contributed by atoms with E-state index in [0.29, 0.717) is 22.6 Å². The number of rotatable bonds is 6. The Bertz CT molecular complexity index is 1040. The van der Waals surface area contributed by atoms with Crippen molar-refractivity contribution < 1.29 is 4.79 Å². The number of thioether (sulfide) groups is 1. The number of benzene rings is 2. The van der Waals surface area contributed by atoms with Crippen LogP contribution in [0.2, 0.25) is 0 Å². The van der Waals surface area contributed by atoms with Gasteiger partial charge in [0.05, 0.1) is 16.7 Å². The molecule has 1 amide bonds. The molecule has 6 heteroatoms. The number of amides is 1. The molecule has 140 valence electrons. The van der Waals surface area contributed by atoms with Gasteiger partial charge in [-0.1, -0.05) is 43.0 Å². The molecule has 0 aliphatic rings. The third kappa shape index (κ3) is 4.22. The molecule has 1 aromatic heterocycles. The van der Waals surface area contributed by atoms with Gasteiger partial charge in [-0.25, -0.2) is 4.98 Å². The van der Waals surface area contributed by atoms with E-state index in [9.17, 15) is 9.59 Å². The van der Waals surface area contributed by atoms with Crippen molar-refractivity contribution >= 4 is 34.3 Å². The summed E-state index contributed by atoms with van der Waals surface area (Å²) in [4.78, 5) is 29.8. The van der Waals surface area contributed by atoms with Gasteiger partial charge in [0, 0.05) is 12.2 Å². The fourth-order valence-corrected chi connectivity index (χ4v) is 3.71. The highest BCUT2D eigenvalue weighted by atomic mass is 32.2. The fourth-order valence-electron chi connectivity index (χ4n) is 2.88. The summed E-state index contributed by atoms with van der Waals surface area (Å²) in [6, 6.07) is 13.2. The smallest absolute Gasteiger partial charge is 0.262 e. The van der Waals surface area contributed by atoms with Crippen LogP contribution in [0.15, 0.2) is 52.4 Å². The number of aryl methyl sites for hydroxylation is 1. The molecule has 3 rings (SSSR count). The minimum absolute atomic E-state index is 0.0557. The highest BCUT2D eigenvalue weighted by Crippen LogP contribution is 2.21. The molecular weight excluding hydrogens is 358 g/mol. The molecule has 0 aliphatic heterocycles. The maximum atomic E-state index is 12.8. The SMILES string of the molecule is CCCn1c(SCC(=O)Nc2cccc(C)c2C)nc2ccccc2c1=O. The monoisotopic (exact) mass is 381 g/mol. The molecule has 0 bridgehead atoms. The summed E-state index contributed by atoms with van der Waals surface area (Å²) in [6.07, 6.45) is 0.822. The Kier molecular flexibility index (Phi) is 5.96. The zero-order valence-electron chi connectivity index (χ0n) is 15.8. The molecule has 2 aromatic carbocycles. The van der Waals surface area contributed by atoms with E-state index in [1.165, 1.54) is 11.8 Å². The zero-order chi connectivity index (χ0) is 19.4. The summed E-state index contributed by atoms with van der Waals surface area (Å²) >= 11 is 1.29. The number of carbonyl (C=O) groups is 1. The number of fused-ring (bicyclic) bond motifs is 1. The average molecular weight is 382 g/mol. The van der Waals surface area contributed by atoms with Crippen molar-refractivity contribution in [1.82, 2.24) is 9.55 Å². The largest absolute Gasteiger partial charge is 0.325 e. The number of hydrogen-bond acceptors (Lipinski definition) is 4. The Hall–Kier alpha value is -2.60. The summed E-state index contributed by atoms with van der Waals surface area (Å²) in [5.41, 5.74) is 3.61. The quantitative estimate of drug-likeness (QED) is 0.514.